The Kier molecular flexibility index (Phi) is 4.48. The van der Waals surface area contributed by atoms with E-state index in [0.717, 1.165) is 11.3 Å². The molecule has 0 spiro atoms. The van der Waals surface area contributed by atoms with Crippen LogP contribution in [0.1, 0.15) is 37.0 Å². The van der Waals surface area contributed by atoms with Gasteiger partial charge in [0.05, 0.1) is 13.2 Å². The van der Waals surface area contributed by atoms with Crippen molar-refractivity contribution in [2.45, 2.75) is 25.9 Å². The van der Waals surface area contributed by atoms with E-state index in [0.29, 0.717) is 11.7 Å². The van der Waals surface area contributed by atoms with Gasteiger partial charge in [-0.05, 0) is 23.6 Å². The molecule has 1 rings (SSSR count). The maximum Gasteiger partial charge on any atom is 0.124 e. The van der Waals surface area contributed by atoms with Crippen LogP contribution in [0.4, 0.5) is 0 Å². The molecule has 0 aliphatic carbocycles. The fourth-order valence-corrected chi connectivity index (χ4v) is 1.67. The molecule has 1 atom stereocenters. The van der Waals surface area contributed by atoms with Crippen LogP contribution in [0, 0.1) is 0 Å². The lowest BCUT2D eigenvalue weighted by Crippen LogP contribution is -2.03. The van der Waals surface area contributed by atoms with Crippen LogP contribution in [0.5, 0.6) is 5.75 Å². The van der Waals surface area contributed by atoms with Gasteiger partial charge in [-0.15, -0.1) is 0 Å². The summed E-state index contributed by atoms with van der Waals surface area (Å²) in [5, 5.41) is 9.79. The summed E-state index contributed by atoms with van der Waals surface area (Å²) in [7, 11) is 1.61. The third-order valence-corrected chi connectivity index (χ3v) is 2.80. The number of aliphatic hydroxyl groups excluding tert-OH is 1. The second kappa shape index (κ2) is 5.42. The van der Waals surface area contributed by atoms with Gasteiger partial charge in [-0.3, -0.25) is 0 Å². The lowest BCUT2D eigenvalue weighted by atomic mass is 9.98. The van der Waals surface area contributed by atoms with Gasteiger partial charge in [-0.1, -0.05) is 19.9 Å². The zero-order valence-electron chi connectivity index (χ0n) is 9.40. The Labute approximate surface area is 96.7 Å². The van der Waals surface area contributed by atoms with E-state index in [2.05, 4.69) is 26.5 Å². The molecule has 84 valence electrons. The number of aliphatic hydroxyl groups is 1. The molecule has 0 bridgehead atoms. The van der Waals surface area contributed by atoms with Gasteiger partial charge in [-0.2, -0.15) is 12.6 Å². The van der Waals surface area contributed by atoms with Crippen LogP contribution in [0.15, 0.2) is 18.2 Å². The molecule has 0 aromatic heterocycles. The minimum Gasteiger partial charge on any atom is -0.496 e. The van der Waals surface area contributed by atoms with Crippen molar-refractivity contribution in [3.05, 3.63) is 29.3 Å². The minimum absolute atomic E-state index is 0.401. The Hall–Kier alpha value is -0.670. The Bertz CT molecular complexity index is 323. The van der Waals surface area contributed by atoms with Gasteiger partial charge in [0, 0.05) is 11.3 Å². The molecule has 15 heavy (non-hydrogen) atoms. The summed E-state index contributed by atoms with van der Waals surface area (Å²) in [4.78, 5) is 0. The van der Waals surface area contributed by atoms with Gasteiger partial charge in [-0.25, -0.2) is 0 Å². The Balaban J connectivity index is 3.13. The summed E-state index contributed by atoms with van der Waals surface area (Å²) in [5.41, 5.74) is 2.02. The topological polar surface area (TPSA) is 29.5 Å². The van der Waals surface area contributed by atoms with Crippen LogP contribution in [0.25, 0.3) is 0 Å². The van der Waals surface area contributed by atoms with Gasteiger partial charge >= 0.3 is 0 Å². The third-order valence-electron chi connectivity index (χ3n) is 2.45. The first-order chi connectivity index (χ1) is 7.10. The average molecular weight is 226 g/mol. The molecule has 1 aromatic carbocycles. The largest absolute Gasteiger partial charge is 0.496 e. The number of rotatable bonds is 4. The van der Waals surface area contributed by atoms with Crippen molar-refractivity contribution < 1.29 is 9.84 Å². The van der Waals surface area contributed by atoms with Crippen molar-refractivity contribution in [2.24, 2.45) is 0 Å². The van der Waals surface area contributed by atoms with Crippen molar-refractivity contribution in [2.75, 3.05) is 12.9 Å². The second-order valence-electron chi connectivity index (χ2n) is 3.85. The van der Waals surface area contributed by atoms with Crippen molar-refractivity contribution >= 4 is 12.6 Å². The lowest BCUT2D eigenvalue weighted by Gasteiger charge is -2.15. The number of methoxy groups -OCH3 is 1. The molecule has 0 amide bonds. The van der Waals surface area contributed by atoms with E-state index in [-0.39, 0.29) is 0 Å². The highest BCUT2D eigenvalue weighted by atomic mass is 32.1. The van der Waals surface area contributed by atoms with Crippen molar-refractivity contribution in [3.8, 4) is 5.75 Å². The van der Waals surface area contributed by atoms with Crippen LogP contribution < -0.4 is 4.74 Å². The van der Waals surface area contributed by atoms with Crippen molar-refractivity contribution in [1.29, 1.82) is 0 Å². The fourth-order valence-electron chi connectivity index (χ4n) is 1.47. The molecule has 1 aromatic rings. The highest BCUT2D eigenvalue weighted by Crippen LogP contribution is 2.29. The van der Waals surface area contributed by atoms with Crippen LogP contribution in [0.3, 0.4) is 0 Å². The molecule has 1 N–H and O–H groups in total. The van der Waals surface area contributed by atoms with E-state index < -0.39 is 6.10 Å². The van der Waals surface area contributed by atoms with E-state index in [1.807, 2.05) is 18.2 Å². The fraction of sp³-hybridized carbons (Fsp3) is 0.500. The summed E-state index contributed by atoms with van der Waals surface area (Å²) in [5.74, 6) is 1.57. The number of hydrogen-bond acceptors (Lipinski definition) is 3. The molecule has 1 unspecified atom stereocenters. The summed E-state index contributed by atoms with van der Waals surface area (Å²) < 4.78 is 5.21. The zero-order valence-corrected chi connectivity index (χ0v) is 10.3. The van der Waals surface area contributed by atoms with E-state index >= 15 is 0 Å². The number of thiol groups is 1. The van der Waals surface area contributed by atoms with Crippen LogP contribution in [-0.2, 0) is 0 Å². The molecule has 0 saturated heterocycles. The number of ether oxygens (including phenoxy) is 1. The summed E-state index contributed by atoms with van der Waals surface area (Å²) >= 11 is 4.09. The van der Waals surface area contributed by atoms with Crippen molar-refractivity contribution in [1.82, 2.24) is 0 Å². The first kappa shape index (κ1) is 12.4. The molecule has 3 heteroatoms. The minimum atomic E-state index is -0.568. The van der Waals surface area contributed by atoms with Crippen LogP contribution in [0.2, 0.25) is 0 Å². The first-order valence-electron chi connectivity index (χ1n) is 5.07. The lowest BCUT2D eigenvalue weighted by molar-refractivity contribution is 0.199. The molecular formula is C12H18O2S. The third kappa shape index (κ3) is 2.89. The predicted octanol–water partition coefficient (Wildman–Crippen LogP) is 2.78. The smallest absolute Gasteiger partial charge is 0.124 e. The number of benzene rings is 1. The normalized spacial score (nSPS) is 12.9. The maximum absolute atomic E-state index is 9.79. The van der Waals surface area contributed by atoms with Gasteiger partial charge < -0.3 is 9.84 Å². The SMILES string of the molecule is COc1ccc(C(C)C)cc1C(O)CS. The van der Waals surface area contributed by atoms with Gasteiger partial charge in [0.1, 0.15) is 5.75 Å². The highest BCUT2D eigenvalue weighted by molar-refractivity contribution is 7.80. The van der Waals surface area contributed by atoms with E-state index in [4.69, 9.17) is 4.74 Å². The molecule has 0 aliphatic rings. The predicted molar refractivity (Wildman–Crippen MR) is 65.9 cm³/mol. The molecule has 0 aliphatic heterocycles. The average Bonchev–Trinajstić information content (AvgIpc) is 2.27. The van der Waals surface area contributed by atoms with Crippen LogP contribution >= 0.6 is 12.6 Å². The Morgan fingerprint density at radius 2 is 2.07 bits per heavy atom. The Morgan fingerprint density at radius 1 is 1.40 bits per heavy atom. The molecule has 0 saturated carbocycles. The maximum atomic E-state index is 9.79. The summed E-state index contributed by atoms with van der Waals surface area (Å²) in [6, 6.07) is 5.92. The standard InChI is InChI=1S/C12H18O2S/c1-8(2)9-4-5-12(14-3)10(6-9)11(13)7-15/h4-6,8,11,13,15H,7H2,1-3H3. The quantitative estimate of drug-likeness (QED) is 0.773. The van der Waals surface area contributed by atoms with E-state index in [1.165, 1.54) is 5.56 Å². The molecular weight excluding hydrogens is 208 g/mol. The monoisotopic (exact) mass is 226 g/mol. The number of hydrogen-bond donors (Lipinski definition) is 2. The van der Waals surface area contributed by atoms with E-state index in [1.54, 1.807) is 7.11 Å². The van der Waals surface area contributed by atoms with Gasteiger partial charge in [0.25, 0.3) is 0 Å². The van der Waals surface area contributed by atoms with Crippen LogP contribution in [-0.4, -0.2) is 18.0 Å². The first-order valence-corrected chi connectivity index (χ1v) is 5.70. The highest BCUT2D eigenvalue weighted by Gasteiger charge is 2.13. The Morgan fingerprint density at radius 3 is 2.53 bits per heavy atom. The molecule has 0 fully saturated rings. The van der Waals surface area contributed by atoms with E-state index in [9.17, 15) is 5.11 Å². The molecule has 0 radical (unpaired) electrons. The summed E-state index contributed by atoms with van der Waals surface area (Å²) in [6.45, 7) is 4.25. The van der Waals surface area contributed by atoms with Crippen molar-refractivity contribution in [3.63, 3.8) is 0 Å². The van der Waals surface area contributed by atoms with Gasteiger partial charge in [0.2, 0.25) is 0 Å². The van der Waals surface area contributed by atoms with Gasteiger partial charge in [0.15, 0.2) is 0 Å². The summed E-state index contributed by atoms with van der Waals surface area (Å²) in [6.07, 6.45) is -0.568. The molecule has 2 nitrogen and oxygen atoms in total. The molecule has 0 heterocycles. The zero-order chi connectivity index (χ0) is 11.4. The second-order valence-corrected chi connectivity index (χ2v) is 4.22.